The molecular formula is C17H34N2O2. The number of ether oxygens (including phenoxy) is 2. The minimum absolute atomic E-state index is 0.104. The molecule has 0 bridgehead atoms. The topological polar surface area (TPSA) is 33.7 Å². The third kappa shape index (κ3) is 4.65. The summed E-state index contributed by atoms with van der Waals surface area (Å²) in [5.41, 5.74) is 0.104. The van der Waals surface area contributed by atoms with Crippen molar-refractivity contribution in [3.8, 4) is 0 Å². The second-order valence-electron chi connectivity index (χ2n) is 6.92. The van der Waals surface area contributed by atoms with Gasteiger partial charge in [-0.3, -0.25) is 4.90 Å². The Balaban J connectivity index is 1.77. The second kappa shape index (κ2) is 7.91. The number of nitrogens with one attached hydrogen (secondary N) is 1. The van der Waals surface area contributed by atoms with Gasteiger partial charge in [0.15, 0.2) is 0 Å². The van der Waals surface area contributed by atoms with Gasteiger partial charge in [0.1, 0.15) is 0 Å². The molecule has 21 heavy (non-hydrogen) atoms. The van der Waals surface area contributed by atoms with Crippen LogP contribution < -0.4 is 5.32 Å². The van der Waals surface area contributed by atoms with E-state index in [4.69, 9.17) is 9.47 Å². The van der Waals surface area contributed by atoms with Crippen LogP contribution in [-0.2, 0) is 9.47 Å². The second-order valence-corrected chi connectivity index (χ2v) is 6.92. The van der Waals surface area contributed by atoms with Gasteiger partial charge in [-0.15, -0.1) is 0 Å². The van der Waals surface area contributed by atoms with Crippen molar-refractivity contribution < 1.29 is 9.47 Å². The standard InChI is InChI=1S/C17H34N2O2/c1-5-17(6-2)11-15(7-9-21-17)18-12-16-13-19(14(3)4)8-10-20-16/h14-16,18H,5-13H2,1-4H3. The summed E-state index contributed by atoms with van der Waals surface area (Å²) in [6.45, 7) is 13.9. The van der Waals surface area contributed by atoms with Crippen LogP contribution in [0.4, 0.5) is 0 Å². The van der Waals surface area contributed by atoms with E-state index in [1.165, 1.54) is 0 Å². The largest absolute Gasteiger partial charge is 0.375 e. The van der Waals surface area contributed by atoms with E-state index in [2.05, 4.69) is 37.9 Å². The Kier molecular flexibility index (Phi) is 6.48. The molecule has 0 spiro atoms. The predicted molar refractivity (Wildman–Crippen MR) is 86.7 cm³/mol. The van der Waals surface area contributed by atoms with Crippen LogP contribution in [0.1, 0.15) is 53.4 Å². The van der Waals surface area contributed by atoms with Crippen LogP contribution in [0, 0.1) is 0 Å². The molecule has 0 aliphatic carbocycles. The third-order valence-corrected chi connectivity index (χ3v) is 5.32. The molecule has 0 amide bonds. The maximum absolute atomic E-state index is 6.05. The molecule has 124 valence electrons. The lowest BCUT2D eigenvalue weighted by atomic mass is 9.86. The zero-order valence-corrected chi connectivity index (χ0v) is 14.4. The van der Waals surface area contributed by atoms with E-state index in [0.29, 0.717) is 18.2 Å². The lowest BCUT2D eigenvalue weighted by molar-refractivity contribution is -0.0959. The Morgan fingerprint density at radius 1 is 1.24 bits per heavy atom. The number of hydrogen-bond donors (Lipinski definition) is 1. The van der Waals surface area contributed by atoms with E-state index in [9.17, 15) is 0 Å². The van der Waals surface area contributed by atoms with Crippen molar-refractivity contribution in [2.24, 2.45) is 0 Å². The summed E-state index contributed by atoms with van der Waals surface area (Å²) in [7, 11) is 0. The van der Waals surface area contributed by atoms with E-state index in [1.54, 1.807) is 0 Å². The van der Waals surface area contributed by atoms with Crippen LogP contribution in [0.15, 0.2) is 0 Å². The molecule has 4 heteroatoms. The van der Waals surface area contributed by atoms with Crippen molar-refractivity contribution >= 4 is 0 Å². The number of rotatable bonds is 6. The highest BCUT2D eigenvalue weighted by Gasteiger charge is 2.34. The van der Waals surface area contributed by atoms with Gasteiger partial charge in [-0.25, -0.2) is 0 Å². The monoisotopic (exact) mass is 298 g/mol. The van der Waals surface area contributed by atoms with Gasteiger partial charge in [0, 0.05) is 38.3 Å². The number of hydrogen-bond acceptors (Lipinski definition) is 4. The molecule has 1 N–H and O–H groups in total. The summed E-state index contributed by atoms with van der Waals surface area (Å²) in [5, 5.41) is 3.74. The molecule has 2 heterocycles. The van der Waals surface area contributed by atoms with Crippen LogP contribution in [0.25, 0.3) is 0 Å². The van der Waals surface area contributed by atoms with Gasteiger partial charge in [-0.05, 0) is 39.5 Å². The lowest BCUT2D eigenvalue weighted by Gasteiger charge is -2.41. The molecule has 4 nitrogen and oxygen atoms in total. The van der Waals surface area contributed by atoms with Crippen LogP contribution in [0.5, 0.6) is 0 Å². The maximum atomic E-state index is 6.05. The number of morpholine rings is 1. The van der Waals surface area contributed by atoms with E-state index >= 15 is 0 Å². The minimum atomic E-state index is 0.104. The van der Waals surface area contributed by atoms with Gasteiger partial charge in [0.25, 0.3) is 0 Å². The summed E-state index contributed by atoms with van der Waals surface area (Å²) < 4.78 is 12.0. The first kappa shape index (κ1) is 17.2. The molecule has 2 saturated heterocycles. The quantitative estimate of drug-likeness (QED) is 0.816. The first-order chi connectivity index (χ1) is 10.1. The fourth-order valence-corrected chi connectivity index (χ4v) is 3.58. The molecule has 2 atom stereocenters. The van der Waals surface area contributed by atoms with Crippen molar-refractivity contribution in [3.05, 3.63) is 0 Å². The highest BCUT2D eigenvalue weighted by Crippen LogP contribution is 2.31. The average molecular weight is 298 g/mol. The zero-order valence-electron chi connectivity index (χ0n) is 14.4. The third-order valence-electron chi connectivity index (χ3n) is 5.32. The summed E-state index contributed by atoms with van der Waals surface area (Å²) >= 11 is 0. The van der Waals surface area contributed by atoms with Gasteiger partial charge in [-0.1, -0.05) is 13.8 Å². The van der Waals surface area contributed by atoms with E-state index in [0.717, 1.165) is 58.5 Å². The fourth-order valence-electron chi connectivity index (χ4n) is 3.58. The van der Waals surface area contributed by atoms with E-state index in [-0.39, 0.29) is 5.60 Å². The van der Waals surface area contributed by atoms with Gasteiger partial charge < -0.3 is 14.8 Å². The highest BCUT2D eigenvalue weighted by atomic mass is 16.5. The van der Waals surface area contributed by atoms with Crippen LogP contribution in [0.2, 0.25) is 0 Å². The fraction of sp³-hybridized carbons (Fsp3) is 1.00. The Labute approximate surface area is 130 Å². The molecule has 2 aliphatic heterocycles. The van der Waals surface area contributed by atoms with E-state index < -0.39 is 0 Å². The van der Waals surface area contributed by atoms with Crippen LogP contribution >= 0.6 is 0 Å². The highest BCUT2D eigenvalue weighted by molar-refractivity contribution is 4.89. The molecule has 0 aromatic rings. The molecule has 0 radical (unpaired) electrons. The van der Waals surface area contributed by atoms with Crippen LogP contribution in [0.3, 0.4) is 0 Å². The van der Waals surface area contributed by atoms with Crippen molar-refractivity contribution in [2.75, 3.05) is 32.8 Å². The zero-order chi connectivity index (χ0) is 15.3. The molecule has 2 unspecified atom stereocenters. The molecule has 0 saturated carbocycles. The minimum Gasteiger partial charge on any atom is -0.375 e. The predicted octanol–water partition coefficient (Wildman–Crippen LogP) is 2.42. The van der Waals surface area contributed by atoms with Crippen LogP contribution in [-0.4, -0.2) is 61.5 Å². The smallest absolute Gasteiger partial charge is 0.0826 e. The van der Waals surface area contributed by atoms with Crippen molar-refractivity contribution in [1.29, 1.82) is 0 Å². The average Bonchev–Trinajstić information content (AvgIpc) is 2.53. The molecular weight excluding hydrogens is 264 g/mol. The summed E-state index contributed by atoms with van der Waals surface area (Å²) in [4.78, 5) is 2.52. The first-order valence-electron chi connectivity index (χ1n) is 8.81. The van der Waals surface area contributed by atoms with Crippen molar-refractivity contribution in [1.82, 2.24) is 10.2 Å². The van der Waals surface area contributed by atoms with Crippen molar-refractivity contribution in [3.63, 3.8) is 0 Å². The lowest BCUT2D eigenvalue weighted by Crippen LogP contribution is -2.52. The summed E-state index contributed by atoms with van der Waals surface area (Å²) in [6, 6.07) is 1.20. The normalized spacial score (nSPS) is 30.7. The van der Waals surface area contributed by atoms with Gasteiger partial charge in [-0.2, -0.15) is 0 Å². The molecule has 2 rings (SSSR count). The van der Waals surface area contributed by atoms with E-state index in [1.807, 2.05) is 0 Å². The Morgan fingerprint density at radius 3 is 2.67 bits per heavy atom. The molecule has 0 aromatic heterocycles. The van der Waals surface area contributed by atoms with Gasteiger partial charge in [0.05, 0.1) is 18.3 Å². The van der Waals surface area contributed by atoms with Gasteiger partial charge in [0.2, 0.25) is 0 Å². The molecule has 2 fully saturated rings. The Morgan fingerprint density at radius 2 is 2.00 bits per heavy atom. The van der Waals surface area contributed by atoms with Gasteiger partial charge >= 0.3 is 0 Å². The molecule has 0 aromatic carbocycles. The SMILES string of the molecule is CCC1(CC)CC(NCC2CN(C(C)C)CCO2)CCO1. The Hall–Kier alpha value is -0.160. The van der Waals surface area contributed by atoms with Crippen molar-refractivity contribution in [2.45, 2.75) is 77.2 Å². The Bertz CT molecular complexity index is 305. The first-order valence-corrected chi connectivity index (χ1v) is 8.81. The maximum Gasteiger partial charge on any atom is 0.0826 e. The summed E-state index contributed by atoms with van der Waals surface area (Å²) in [6.07, 6.45) is 4.83. The number of nitrogens with zero attached hydrogens (tertiary/aromatic N) is 1. The summed E-state index contributed by atoms with van der Waals surface area (Å²) in [5.74, 6) is 0. The molecule has 2 aliphatic rings.